The number of allylic oxidation sites excluding steroid dienone is 3. The van der Waals surface area contributed by atoms with E-state index in [-0.39, 0.29) is 0 Å². The fourth-order valence-corrected chi connectivity index (χ4v) is 1.31. The summed E-state index contributed by atoms with van der Waals surface area (Å²) in [4.78, 5) is 4.20. The average molecular weight is 164 g/mol. The van der Waals surface area contributed by atoms with E-state index in [9.17, 15) is 0 Å². The second-order valence-electron chi connectivity index (χ2n) is 3.45. The minimum atomic E-state index is 0.528. The van der Waals surface area contributed by atoms with Crippen molar-refractivity contribution in [1.82, 2.24) is 5.32 Å². The third kappa shape index (κ3) is 1.97. The Bertz CT molecular complexity index is 257. The molecule has 1 aliphatic heterocycles. The molecule has 1 heterocycles. The van der Waals surface area contributed by atoms with Gasteiger partial charge < -0.3 is 5.32 Å². The van der Waals surface area contributed by atoms with Crippen LogP contribution in [0.5, 0.6) is 0 Å². The first-order valence-electron chi connectivity index (χ1n) is 4.29. The maximum atomic E-state index is 4.20. The van der Waals surface area contributed by atoms with E-state index in [0.29, 0.717) is 5.92 Å². The molecule has 0 atom stereocenters. The summed E-state index contributed by atoms with van der Waals surface area (Å²) < 4.78 is 0. The molecule has 0 spiro atoms. The van der Waals surface area contributed by atoms with Crippen LogP contribution >= 0.6 is 0 Å². The summed E-state index contributed by atoms with van der Waals surface area (Å²) in [5.74, 6) is 0.528. The van der Waals surface area contributed by atoms with Gasteiger partial charge in [0.05, 0.1) is 0 Å². The van der Waals surface area contributed by atoms with E-state index in [1.165, 1.54) is 11.3 Å². The molecule has 12 heavy (non-hydrogen) atoms. The third-order valence-electron chi connectivity index (χ3n) is 1.92. The van der Waals surface area contributed by atoms with Crippen molar-refractivity contribution in [2.24, 2.45) is 10.9 Å². The Morgan fingerprint density at radius 2 is 2.00 bits per heavy atom. The molecule has 2 nitrogen and oxygen atoms in total. The van der Waals surface area contributed by atoms with Gasteiger partial charge in [0.1, 0.15) is 0 Å². The zero-order chi connectivity index (χ0) is 9.14. The van der Waals surface area contributed by atoms with Gasteiger partial charge in [-0.05, 0) is 25.3 Å². The van der Waals surface area contributed by atoms with Crippen LogP contribution in [-0.2, 0) is 0 Å². The first kappa shape index (κ1) is 9.04. The second-order valence-corrected chi connectivity index (χ2v) is 3.45. The van der Waals surface area contributed by atoms with Crippen molar-refractivity contribution >= 4 is 6.21 Å². The maximum Gasteiger partial charge on any atom is 0.0458 e. The molecular formula is C10H16N2. The lowest BCUT2D eigenvalue weighted by Gasteiger charge is -2.11. The van der Waals surface area contributed by atoms with Crippen LogP contribution in [0.2, 0.25) is 0 Å². The van der Waals surface area contributed by atoms with E-state index in [4.69, 9.17) is 0 Å². The molecule has 1 N–H and O–H groups in total. The van der Waals surface area contributed by atoms with Gasteiger partial charge >= 0.3 is 0 Å². The number of aliphatic imine (C=N–C) groups is 1. The number of rotatable bonds is 1. The van der Waals surface area contributed by atoms with Gasteiger partial charge in [-0.1, -0.05) is 13.8 Å². The van der Waals surface area contributed by atoms with Gasteiger partial charge in [-0.15, -0.1) is 0 Å². The van der Waals surface area contributed by atoms with E-state index in [0.717, 1.165) is 5.70 Å². The van der Waals surface area contributed by atoms with Crippen molar-refractivity contribution in [3.63, 3.8) is 0 Å². The van der Waals surface area contributed by atoms with E-state index in [1.54, 1.807) is 0 Å². The Morgan fingerprint density at radius 3 is 2.58 bits per heavy atom. The van der Waals surface area contributed by atoms with E-state index >= 15 is 0 Å². The molecule has 0 aromatic carbocycles. The van der Waals surface area contributed by atoms with Gasteiger partial charge in [-0.3, -0.25) is 4.99 Å². The van der Waals surface area contributed by atoms with Crippen molar-refractivity contribution in [1.29, 1.82) is 0 Å². The van der Waals surface area contributed by atoms with Gasteiger partial charge in [-0.2, -0.15) is 0 Å². The molecule has 66 valence electrons. The fraction of sp³-hybridized carbons (Fsp3) is 0.500. The highest BCUT2D eigenvalue weighted by Gasteiger charge is 2.06. The maximum absolute atomic E-state index is 4.20. The van der Waals surface area contributed by atoms with Crippen molar-refractivity contribution in [2.45, 2.75) is 27.7 Å². The van der Waals surface area contributed by atoms with Crippen molar-refractivity contribution in [2.75, 3.05) is 0 Å². The highest BCUT2D eigenvalue weighted by molar-refractivity contribution is 5.81. The van der Waals surface area contributed by atoms with Crippen LogP contribution in [0.25, 0.3) is 0 Å². The Labute approximate surface area is 74.1 Å². The Hall–Kier alpha value is -1.05. The van der Waals surface area contributed by atoms with E-state index in [2.05, 4.69) is 31.1 Å². The van der Waals surface area contributed by atoms with Crippen molar-refractivity contribution in [3.8, 4) is 0 Å². The summed E-state index contributed by atoms with van der Waals surface area (Å²) in [5, 5.41) is 3.29. The van der Waals surface area contributed by atoms with Crippen LogP contribution < -0.4 is 5.32 Å². The second kappa shape index (κ2) is 3.57. The molecule has 0 aliphatic carbocycles. The number of hydrogen-bond donors (Lipinski definition) is 1. The lowest BCUT2D eigenvalue weighted by Crippen LogP contribution is -2.11. The first-order chi connectivity index (χ1) is 5.61. The fourth-order valence-electron chi connectivity index (χ4n) is 1.31. The summed E-state index contributed by atoms with van der Waals surface area (Å²) in [6.07, 6.45) is 3.78. The monoisotopic (exact) mass is 164 g/mol. The SMILES string of the molecule is CC1=CN=CC(C(C)C)=C(C)N1. The summed E-state index contributed by atoms with van der Waals surface area (Å²) in [7, 11) is 0. The van der Waals surface area contributed by atoms with E-state index in [1.807, 2.05) is 19.3 Å². The molecule has 0 aromatic rings. The molecule has 1 aliphatic rings. The summed E-state index contributed by atoms with van der Waals surface area (Å²) in [5.41, 5.74) is 3.59. The number of nitrogens with one attached hydrogen (secondary N) is 1. The van der Waals surface area contributed by atoms with Crippen LogP contribution in [0, 0.1) is 5.92 Å². The van der Waals surface area contributed by atoms with Crippen molar-refractivity contribution in [3.05, 3.63) is 23.2 Å². The van der Waals surface area contributed by atoms with Gasteiger partial charge in [0.15, 0.2) is 0 Å². The lowest BCUT2D eigenvalue weighted by molar-refractivity contribution is 0.778. The van der Waals surface area contributed by atoms with Crippen LogP contribution in [0.4, 0.5) is 0 Å². The van der Waals surface area contributed by atoms with Crippen LogP contribution in [0.1, 0.15) is 27.7 Å². The minimum Gasteiger partial charge on any atom is -0.361 e. The zero-order valence-corrected chi connectivity index (χ0v) is 8.18. The van der Waals surface area contributed by atoms with Crippen LogP contribution in [0.15, 0.2) is 28.2 Å². The van der Waals surface area contributed by atoms with E-state index < -0.39 is 0 Å². The number of hydrogen-bond acceptors (Lipinski definition) is 2. The topological polar surface area (TPSA) is 24.4 Å². The predicted octanol–water partition coefficient (Wildman–Crippen LogP) is 2.45. The molecule has 0 amide bonds. The third-order valence-corrected chi connectivity index (χ3v) is 1.92. The summed E-state index contributed by atoms with van der Waals surface area (Å²) in [6, 6.07) is 0. The normalized spacial score (nSPS) is 17.6. The Kier molecular flexibility index (Phi) is 2.69. The largest absolute Gasteiger partial charge is 0.361 e. The Balaban J connectivity index is 2.94. The molecule has 0 saturated heterocycles. The molecule has 0 saturated carbocycles. The quantitative estimate of drug-likeness (QED) is 0.632. The summed E-state index contributed by atoms with van der Waals surface area (Å²) in [6.45, 7) is 8.45. The molecular weight excluding hydrogens is 148 g/mol. The van der Waals surface area contributed by atoms with Gasteiger partial charge in [-0.25, -0.2) is 0 Å². The predicted molar refractivity (Wildman–Crippen MR) is 52.9 cm³/mol. The van der Waals surface area contributed by atoms with Gasteiger partial charge in [0.25, 0.3) is 0 Å². The zero-order valence-electron chi connectivity index (χ0n) is 8.18. The molecule has 0 radical (unpaired) electrons. The highest BCUT2D eigenvalue weighted by Crippen LogP contribution is 2.14. The summed E-state index contributed by atoms with van der Waals surface area (Å²) >= 11 is 0. The molecule has 0 bridgehead atoms. The smallest absolute Gasteiger partial charge is 0.0458 e. The molecule has 0 unspecified atom stereocenters. The molecule has 0 aromatic heterocycles. The average Bonchev–Trinajstić information content (AvgIpc) is 2.10. The molecule has 0 fully saturated rings. The molecule has 1 rings (SSSR count). The first-order valence-corrected chi connectivity index (χ1v) is 4.29. The minimum absolute atomic E-state index is 0.528. The standard InChI is InChI=1S/C10H16N2/c1-7(2)10-6-11-5-8(3)12-9(10)4/h5-7,12H,1-4H3. The Morgan fingerprint density at radius 1 is 1.33 bits per heavy atom. The van der Waals surface area contributed by atoms with Crippen molar-refractivity contribution < 1.29 is 0 Å². The highest BCUT2D eigenvalue weighted by atomic mass is 14.9. The van der Waals surface area contributed by atoms with Gasteiger partial charge in [0, 0.05) is 23.8 Å². The van der Waals surface area contributed by atoms with Crippen LogP contribution in [0.3, 0.4) is 0 Å². The van der Waals surface area contributed by atoms with Gasteiger partial charge in [0.2, 0.25) is 0 Å². The van der Waals surface area contributed by atoms with Crippen LogP contribution in [-0.4, -0.2) is 6.21 Å². The lowest BCUT2D eigenvalue weighted by atomic mass is 10.0. The number of nitrogens with zero attached hydrogens (tertiary/aromatic N) is 1. The molecule has 2 heteroatoms.